The molecule has 1 heterocycles. The van der Waals surface area contributed by atoms with E-state index >= 15 is 0 Å². The number of hydrogen-bond donors (Lipinski definition) is 1. The van der Waals surface area contributed by atoms with Gasteiger partial charge in [0.2, 0.25) is 0 Å². The Kier molecular flexibility index (Phi) is 2.16. The van der Waals surface area contributed by atoms with Crippen molar-refractivity contribution >= 4 is 0 Å². The zero-order valence-electron chi connectivity index (χ0n) is 8.18. The summed E-state index contributed by atoms with van der Waals surface area (Å²) in [6.07, 6.45) is 5.43. The van der Waals surface area contributed by atoms with Gasteiger partial charge in [0, 0.05) is 18.4 Å². The third-order valence-electron chi connectivity index (χ3n) is 2.83. The van der Waals surface area contributed by atoms with E-state index in [0.29, 0.717) is 0 Å². The molecule has 2 rings (SSSR count). The van der Waals surface area contributed by atoms with E-state index in [0.717, 1.165) is 30.8 Å². The van der Waals surface area contributed by atoms with Crippen molar-refractivity contribution in [3.8, 4) is 0 Å². The lowest BCUT2D eigenvalue weighted by atomic mass is 10.1. The molecule has 1 saturated carbocycles. The zero-order chi connectivity index (χ0) is 9.31. The second-order valence-electron chi connectivity index (χ2n) is 4.08. The summed E-state index contributed by atoms with van der Waals surface area (Å²) in [5.74, 6) is 2.17. The highest BCUT2D eigenvalue weighted by Crippen LogP contribution is 2.36. The fourth-order valence-corrected chi connectivity index (χ4v) is 1.53. The van der Waals surface area contributed by atoms with Gasteiger partial charge < -0.3 is 10.2 Å². The topological polar surface area (TPSA) is 39.2 Å². The Bertz CT molecular complexity index is 286. The molecule has 1 fully saturated rings. The maximum absolute atomic E-state index is 5.99. The normalized spacial score (nSPS) is 18.9. The van der Waals surface area contributed by atoms with Crippen LogP contribution in [0.5, 0.6) is 0 Å². The molecular formula is C11H17NO. The summed E-state index contributed by atoms with van der Waals surface area (Å²) in [5, 5.41) is 0. The van der Waals surface area contributed by atoms with Crippen LogP contribution >= 0.6 is 0 Å². The zero-order valence-corrected chi connectivity index (χ0v) is 8.18. The van der Waals surface area contributed by atoms with Gasteiger partial charge in [-0.05, 0) is 31.4 Å². The Morgan fingerprint density at radius 1 is 1.38 bits per heavy atom. The first kappa shape index (κ1) is 8.82. The van der Waals surface area contributed by atoms with Gasteiger partial charge in [-0.15, -0.1) is 0 Å². The van der Waals surface area contributed by atoms with Gasteiger partial charge in [-0.1, -0.05) is 6.92 Å². The Balaban J connectivity index is 1.87. The first-order chi connectivity index (χ1) is 6.22. The molecule has 0 atom stereocenters. The van der Waals surface area contributed by atoms with Gasteiger partial charge in [-0.2, -0.15) is 0 Å². The molecule has 1 aliphatic carbocycles. The van der Waals surface area contributed by atoms with Gasteiger partial charge in [0.25, 0.3) is 0 Å². The van der Waals surface area contributed by atoms with Crippen LogP contribution in [0.1, 0.15) is 37.7 Å². The van der Waals surface area contributed by atoms with Crippen LogP contribution in [0, 0.1) is 0 Å². The monoisotopic (exact) mass is 179 g/mol. The second-order valence-corrected chi connectivity index (χ2v) is 4.08. The van der Waals surface area contributed by atoms with E-state index in [2.05, 4.69) is 19.1 Å². The van der Waals surface area contributed by atoms with E-state index in [1.165, 1.54) is 12.8 Å². The molecular weight excluding hydrogens is 162 g/mol. The first-order valence-corrected chi connectivity index (χ1v) is 5.08. The van der Waals surface area contributed by atoms with Crippen molar-refractivity contribution in [2.45, 2.75) is 44.6 Å². The Morgan fingerprint density at radius 3 is 2.62 bits per heavy atom. The average Bonchev–Trinajstić information content (AvgIpc) is 2.69. The van der Waals surface area contributed by atoms with Crippen LogP contribution in [0.25, 0.3) is 0 Å². The first-order valence-electron chi connectivity index (χ1n) is 5.08. The molecule has 1 aliphatic rings. The molecule has 0 aromatic carbocycles. The third kappa shape index (κ3) is 2.13. The highest BCUT2D eigenvalue weighted by Gasteiger charge is 2.37. The highest BCUT2D eigenvalue weighted by atomic mass is 16.3. The Labute approximate surface area is 79.1 Å². The smallest absolute Gasteiger partial charge is 0.104 e. The molecule has 0 spiro atoms. The van der Waals surface area contributed by atoms with E-state index < -0.39 is 0 Å². The number of aryl methyl sites for hydroxylation is 2. The quantitative estimate of drug-likeness (QED) is 0.770. The second kappa shape index (κ2) is 3.18. The molecule has 72 valence electrons. The highest BCUT2D eigenvalue weighted by molar-refractivity contribution is 5.09. The summed E-state index contributed by atoms with van der Waals surface area (Å²) in [5.41, 5.74) is 6.14. The number of nitrogens with two attached hydrogens (primary N) is 1. The fourth-order valence-electron chi connectivity index (χ4n) is 1.53. The average molecular weight is 179 g/mol. The minimum absolute atomic E-state index is 0.152. The van der Waals surface area contributed by atoms with Gasteiger partial charge in [0.15, 0.2) is 0 Å². The molecule has 0 saturated heterocycles. The molecule has 1 aromatic rings. The van der Waals surface area contributed by atoms with Crippen molar-refractivity contribution in [2.24, 2.45) is 5.73 Å². The number of rotatable bonds is 4. The predicted molar refractivity (Wildman–Crippen MR) is 52.6 cm³/mol. The van der Waals surface area contributed by atoms with Crippen LogP contribution in [0.15, 0.2) is 16.5 Å². The van der Waals surface area contributed by atoms with Crippen LogP contribution in [0.3, 0.4) is 0 Å². The number of hydrogen-bond acceptors (Lipinski definition) is 2. The summed E-state index contributed by atoms with van der Waals surface area (Å²) >= 11 is 0. The lowest BCUT2D eigenvalue weighted by Gasteiger charge is -2.05. The predicted octanol–water partition coefficient (Wildman–Crippen LogP) is 2.27. The third-order valence-corrected chi connectivity index (χ3v) is 2.83. The van der Waals surface area contributed by atoms with Crippen molar-refractivity contribution in [3.63, 3.8) is 0 Å². The SMILES string of the molecule is CCc1ccc(CCC2(N)CC2)o1. The van der Waals surface area contributed by atoms with Crippen molar-refractivity contribution in [1.82, 2.24) is 0 Å². The van der Waals surface area contributed by atoms with E-state index in [1.54, 1.807) is 0 Å². The summed E-state index contributed by atoms with van der Waals surface area (Å²) < 4.78 is 5.60. The maximum Gasteiger partial charge on any atom is 0.104 e. The van der Waals surface area contributed by atoms with Crippen molar-refractivity contribution in [3.05, 3.63) is 23.7 Å². The summed E-state index contributed by atoms with van der Waals surface area (Å²) in [6, 6.07) is 4.13. The van der Waals surface area contributed by atoms with Crippen LogP contribution in [0.4, 0.5) is 0 Å². The Hall–Kier alpha value is -0.760. The molecule has 1 aromatic heterocycles. The minimum Gasteiger partial charge on any atom is -0.466 e. The van der Waals surface area contributed by atoms with E-state index in [1.807, 2.05) is 0 Å². The molecule has 0 unspecified atom stereocenters. The van der Waals surface area contributed by atoms with Gasteiger partial charge in [-0.25, -0.2) is 0 Å². The van der Waals surface area contributed by atoms with Crippen LogP contribution in [0.2, 0.25) is 0 Å². The van der Waals surface area contributed by atoms with E-state index in [4.69, 9.17) is 10.2 Å². The molecule has 0 bridgehead atoms. The van der Waals surface area contributed by atoms with Gasteiger partial charge in [0.05, 0.1) is 0 Å². The molecule has 0 amide bonds. The van der Waals surface area contributed by atoms with Crippen LogP contribution in [-0.2, 0) is 12.8 Å². The summed E-state index contributed by atoms with van der Waals surface area (Å²) in [7, 11) is 0. The molecule has 0 radical (unpaired) electrons. The van der Waals surface area contributed by atoms with Crippen LogP contribution in [-0.4, -0.2) is 5.54 Å². The largest absolute Gasteiger partial charge is 0.466 e. The molecule has 2 N–H and O–H groups in total. The molecule has 13 heavy (non-hydrogen) atoms. The van der Waals surface area contributed by atoms with E-state index in [9.17, 15) is 0 Å². The van der Waals surface area contributed by atoms with Crippen LogP contribution < -0.4 is 5.73 Å². The summed E-state index contributed by atoms with van der Waals surface area (Å²) in [4.78, 5) is 0. The maximum atomic E-state index is 5.99. The van der Waals surface area contributed by atoms with Gasteiger partial charge in [-0.3, -0.25) is 0 Å². The lowest BCUT2D eigenvalue weighted by Crippen LogP contribution is -2.21. The number of furan rings is 1. The molecule has 0 aliphatic heterocycles. The van der Waals surface area contributed by atoms with Crippen molar-refractivity contribution < 1.29 is 4.42 Å². The fraction of sp³-hybridized carbons (Fsp3) is 0.636. The minimum atomic E-state index is 0.152. The summed E-state index contributed by atoms with van der Waals surface area (Å²) in [6.45, 7) is 2.11. The lowest BCUT2D eigenvalue weighted by molar-refractivity contribution is 0.450. The molecule has 2 heteroatoms. The van der Waals surface area contributed by atoms with Gasteiger partial charge in [0.1, 0.15) is 11.5 Å². The van der Waals surface area contributed by atoms with Crippen molar-refractivity contribution in [2.75, 3.05) is 0 Å². The molecule has 2 nitrogen and oxygen atoms in total. The van der Waals surface area contributed by atoms with Gasteiger partial charge >= 0.3 is 0 Å². The van der Waals surface area contributed by atoms with Crippen molar-refractivity contribution in [1.29, 1.82) is 0 Å². The van der Waals surface area contributed by atoms with E-state index in [-0.39, 0.29) is 5.54 Å². The Morgan fingerprint density at radius 2 is 2.08 bits per heavy atom. The standard InChI is InChI=1S/C11H17NO/c1-2-9-3-4-10(13-9)5-6-11(12)7-8-11/h3-4H,2,5-8,12H2,1H3.